The summed E-state index contributed by atoms with van der Waals surface area (Å²) in [5, 5.41) is 5.84. The van der Waals surface area contributed by atoms with Crippen molar-refractivity contribution in [3.05, 3.63) is 28.2 Å². The summed E-state index contributed by atoms with van der Waals surface area (Å²) >= 11 is 3.45. The molecule has 0 heterocycles. The molecule has 1 aromatic carbocycles. The minimum Gasteiger partial charge on any atom is -0.496 e. The molecule has 0 bridgehead atoms. The number of ether oxygens (including phenoxy) is 1. The Balaban J connectivity index is 1.71. The Morgan fingerprint density at radius 3 is 2.74 bits per heavy atom. The van der Waals surface area contributed by atoms with Gasteiger partial charge in [-0.1, -0.05) is 6.07 Å². The fraction of sp³-hybridized carbons (Fsp3) is 0.529. The molecule has 0 spiro atoms. The second-order valence-electron chi connectivity index (χ2n) is 5.85. The highest BCUT2D eigenvalue weighted by Gasteiger charge is 2.28. The normalized spacial score (nSPS) is 14.9. The predicted octanol–water partition coefficient (Wildman–Crippen LogP) is 2.94. The van der Waals surface area contributed by atoms with Crippen LogP contribution in [0.3, 0.4) is 0 Å². The van der Waals surface area contributed by atoms with Gasteiger partial charge in [0.05, 0.1) is 17.6 Å². The second-order valence-corrected chi connectivity index (χ2v) is 6.71. The number of carbonyl (C=O) groups excluding carboxylic acids is 2. The van der Waals surface area contributed by atoms with Crippen molar-refractivity contribution in [1.82, 2.24) is 10.6 Å². The summed E-state index contributed by atoms with van der Waals surface area (Å²) in [6, 6.07) is 5.67. The first kappa shape index (κ1) is 17.8. The van der Waals surface area contributed by atoms with Crippen molar-refractivity contribution in [3.8, 4) is 5.75 Å². The quantitative estimate of drug-likeness (QED) is 0.679. The molecule has 0 saturated heterocycles. The molecule has 2 amide bonds. The molecular formula is C17H23BrN2O3. The van der Waals surface area contributed by atoms with Gasteiger partial charge in [0, 0.05) is 18.9 Å². The summed E-state index contributed by atoms with van der Waals surface area (Å²) in [7, 11) is 1.62. The molecule has 1 saturated carbocycles. The summed E-state index contributed by atoms with van der Waals surface area (Å²) in [6.45, 7) is 2.51. The summed E-state index contributed by atoms with van der Waals surface area (Å²) in [6.07, 6.45) is 3.07. The minimum atomic E-state index is -0.0780. The molecule has 0 radical (unpaired) electrons. The fourth-order valence-corrected chi connectivity index (χ4v) is 2.86. The first-order valence-corrected chi connectivity index (χ1v) is 8.71. The molecule has 126 valence electrons. The summed E-state index contributed by atoms with van der Waals surface area (Å²) in [5.74, 6) is 1.10. The van der Waals surface area contributed by atoms with Gasteiger partial charge in [0.15, 0.2) is 0 Å². The lowest BCUT2D eigenvalue weighted by Crippen LogP contribution is -2.29. The highest BCUT2D eigenvalue weighted by molar-refractivity contribution is 9.10. The van der Waals surface area contributed by atoms with Crippen molar-refractivity contribution < 1.29 is 14.3 Å². The highest BCUT2D eigenvalue weighted by atomic mass is 79.9. The number of rotatable bonds is 8. The molecule has 0 aromatic heterocycles. The summed E-state index contributed by atoms with van der Waals surface area (Å²) < 4.78 is 6.06. The maximum absolute atomic E-state index is 12.0. The van der Waals surface area contributed by atoms with Gasteiger partial charge in [-0.15, -0.1) is 0 Å². The number of carbonyl (C=O) groups is 2. The van der Waals surface area contributed by atoms with E-state index in [4.69, 9.17) is 4.74 Å². The maximum atomic E-state index is 12.0. The molecule has 1 unspecified atom stereocenters. The predicted molar refractivity (Wildman–Crippen MR) is 92.2 cm³/mol. The first-order chi connectivity index (χ1) is 11.0. The van der Waals surface area contributed by atoms with Crippen LogP contribution in [-0.4, -0.2) is 25.5 Å². The van der Waals surface area contributed by atoms with Gasteiger partial charge < -0.3 is 15.4 Å². The van der Waals surface area contributed by atoms with Crippen LogP contribution in [0.1, 0.15) is 44.2 Å². The molecule has 0 aliphatic heterocycles. The first-order valence-electron chi connectivity index (χ1n) is 7.91. The lowest BCUT2D eigenvalue weighted by molar-refractivity contribution is -0.123. The van der Waals surface area contributed by atoms with Gasteiger partial charge in [0.1, 0.15) is 5.75 Å². The Hall–Kier alpha value is -1.56. The van der Waals surface area contributed by atoms with Crippen molar-refractivity contribution in [1.29, 1.82) is 0 Å². The van der Waals surface area contributed by atoms with Gasteiger partial charge in [-0.25, -0.2) is 0 Å². The van der Waals surface area contributed by atoms with E-state index in [1.807, 2.05) is 25.1 Å². The monoisotopic (exact) mass is 382 g/mol. The topological polar surface area (TPSA) is 67.4 Å². The fourth-order valence-electron chi connectivity index (χ4n) is 2.30. The number of methoxy groups -OCH3 is 1. The molecule has 1 aromatic rings. The Bertz CT molecular complexity index is 573. The van der Waals surface area contributed by atoms with E-state index in [1.54, 1.807) is 7.11 Å². The van der Waals surface area contributed by atoms with E-state index in [2.05, 4.69) is 26.6 Å². The van der Waals surface area contributed by atoms with E-state index in [1.165, 1.54) is 0 Å². The number of halogens is 1. The van der Waals surface area contributed by atoms with Crippen LogP contribution in [0, 0.1) is 5.92 Å². The highest BCUT2D eigenvalue weighted by Crippen LogP contribution is 2.29. The van der Waals surface area contributed by atoms with Crippen LogP contribution >= 0.6 is 15.9 Å². The van der Waals surface area contributed by atoms with Crippen molar-refractivity contribution in [2.24, 2.45) is 5.92 Å². The van der Waals surface area contributed by atoms with Crippen LogP contribution in [0.25, 0.3) is 0 Å². The lowest BCUT2D eigenvalue weighted by Gasteiger charge is -2.15. The Labute approximate surface area is 145 Å². The lowest BCUT2D eigenvalue weighted by atomic mass is 10.1. The van der Waals surface area contributed by atoms with E-state index in [9.17, 15) is 9.59 Å². The van der Waals surface area contributed by atoms with Crippen LogP contribution in [0.15, 0.2) is 22.7 Å². The van der Waals surface area contributed by atoms with Crippen LogP contribution < -0.4 is 15.4 Å². The molecule has 6 heteroatoms. The standard InChI is InChI=1S/C17H23BrN2O3/c1-11(13-7-8-15(23-2)14(18)10-13)20-16(21)4-3-9-19-17(22)12-5-6-12/h7-8,10-12H,3-6,9H2,1-2H3,(H,19,22)(H,20,21). The second kappa shape index (κ2) is 8.34. The maximum Gasteiger partial charge on any atom is 0.223 e. The van der Waals surface area contributed by atoms with Gasteiger partial charge in [-0.3, -0.25) is 9.59 Å². The third-order valence-electron chi connectivity index (χ3n) is 3.88. The van der Waals surface area contributed by atoms with Gasteiger partial charge >= 0.3 is 0 Å². The van der Waals surface area contributed by atoms with Crippen molar-refractivity contribution in [2.75, 3.05) is 13.7 Å². The number of hydrogen-bond donors (Lipinski definition) is 2. The summed E-state index contributed by atoms with van der Waals surface area (Å²) in [5.41, 5.74) is 1.01. The van der Waals surface area contributed by atoms with Crippen LogP contribution in [0.2, 0.25) is 0 Å². The summed E-state index contributed by atoms with van der Waals surface area (Å²) in [4.78, 5) is 23.4. The van der Waals surface area contributed by atoms with Crippen LogP contribution in [0.4, 0.5) is 0 Å². The largest absolute Gasteiger partial charge is 0.496 e. The van der Waals surface area contributed by atoms with E-state index >= 15 is 0 Å². The van der Waals surface area contributed by atoms with E-state index in [0.29, 0.717) is 19.4 Å². The van der Waals surface area contributed by atoms with Gasteiger partial charge in [0.2, 0.25) is 11.8 Å². The molecular weight excluding hydrogens is 360 g/mol. The SMILES string of the molecule is COc1ccc(C(C)NC(=O)CCCNC(=O)C2CC2)cc1Br. The third-order valence-corrected chi connectivity index (χ3v) is 4.50. The number of hydrogen-bond acceptors (Lipinski definition) is 3. The zero-order valence-electron chi connectivity index (χ0n) is 13.5. The van der Waals surface area contributed by atoms with E-state index in [-0.39, 0.29) is 23.8 Å². The average Bonchev–Trinajstić information content (AvgIpc) is 3.36. The zero-order valence-corrected chi connectivity index (χ0v) is 15.1. The molecule has 23 heavy (non-hydrogen) atoms. The molecule has 2 N–H and O–H groups in total. The molecule has 1 aliphatic rings. The van der Waals surface area contributed by atoms with Gasteiger partial charge in [0.25, 0.3) is 0 Å². The molecule has 1 aliphatic carbocycles. The van der Waals surface area contributed by atoms with Crippen molar-refractivity contribution >= 4 is 27.7 Å². The zero-order chi connectivity index (χ0) is 16.8. The van der Waals surface area contributed by atoms with Crippen LogP contribution in [0.5, 0.6) is 5.75 Å². The number of amides is 2. The van der Waals surface area contributed by atoms with Gasteiger partial charge in [-0.2, -0.15) is 0 Å². The molecule has 1 atom stereocenters. The molecule has 1 fully saturated rings. The van der Waals surface area contributed by atoms with Crippen LogP contribution in [-0.2, 0) is 9.59 Å². The van der Waals surface area contributed by atoms with E-state index in [0.717, 1.165) is 28.6 Å². The molecule has 5 nitrogen and oxygen atoms in total. The number of benzene rings is 1. The Morgan fingerprint density at radius 2 is 2.13 bits per heavy atom. The van der Waals surface area contributed by atoms with Crippen molar-refractivity contribution in [2.45, 2.75) is 38.6 Å². The Kier molecular flexibility index (Phi) is 6.45. The number of nitrogens with one attached hydrogen (secondary N) is 2. The van der Waals surface area contributed by atoms with Crippen molar-refractivity contribution in [3.63, 3.8) is 0 Å². The minimum absolute atomic E-state index is 0.00916. The third kappa shape index (κ3) is 5.53. The average molecular weight is 383 g/mol. The molecule has 2 rings (SSSR count). The Morgan fingerprint density at radius 1 is 1.39 bits per heavy atom. The van der Waals surface area contributed by atoms with E-state index < -0.39 is 0 Å². The smallest absolute Gasteiger partial charge is 0.223 e. The van der Waals surface area contributed by atoms with Gasteiger partial charge in [-0.05, 0) is 59.8 Å².